The van der Waals surface area contributed by atoms with E-state index >= 15 is 0 Å². The van der Waals surface area contributed by atoms with Crippen molar-refractivity contribution >= 4 is 18.5 Å². The van der Waals surface area contributed by atoms with Gasteiger partial charge in [-0.3, -0.25) is 4.79 Å². The van der Waals surface area contributed by atoms with E-state index in [4.69, 9.17) is 4.74 Å². The summed E-state index contributed by atoms with van der Waals surface area (Å²) in [5.41, 5.74) is 0. The summed E-state index contributed by atoms with van der Waals surface area (Å²) in [5.74, 6) is 0.301. The number of ether oxygens (including phenoxy) is 1. The Morgan fingerprint density at radius 3 is 2.59 bits per heavy atom. The minimum atomic E-state index is -0.0782. The molecule has 0 spiro atoms. The van der Waals surface area contributed by atoms with Crippen molar-refractivity contribution in [3.63, 3.8) is 0 Å². The van der Waals surface area contributed by atoms with Gasteiger partial charge in [0.25, 0.3) is 0 Å². The molecule has 1 rings (SSSR count). The van der Waals surface area contributed by atoms with Crippen LogP contribution in [0.2, 0.25) is 0 Å². The maximum Gasteiger partial charge on any atom is 0.226 e. The lowest BCUT2D eigenvalue weighted by atomic mass is 10.1. The number of carbonyl (C=O) groups excluding carboxylic acids is 1. The fourth-order valence-electron chi connectivity index (χ4n) is 1.98. The number of thiol groups is 1. The van der Waals surface area contributed by atoms with Crippen LogP contribution in [0.3, 0.4) is 0 Å². The zero-order valence-electron chi connectivity index (χ0n) is 11.3. The highest BCUT2D eigenvalue weighted by Crippen LogP contribution is 2.27. The summed E-state index contributed by atoms with van der Waals surface area (Å²) in [6.07, 6.45) is 3.11. The maximum atomic E-state index is 12.1. The first-order valence-corrected chi connectivity index (χ1v) is 7.16. The van der Waals surface area contributed by atoms with Gasteiger partial charge in [-0.1, -0.05) is 20.8 Å². The van der Waals surface area contributed by atoms with E-state index < -0.39 is 0 Å². The molecule has 4 heteroatoms. The third kappa shape index (κ3) is 3.62. The molecule has 0 aromatic rings. The molecule has 0 aromatic heterocycles. The quantitative estimate of drug-likeness (QED) is 0.769. The predicted octanol–water partition coefficient (Wildman–Crippen LogP) is 2.70. The number of hydrogen-bond acceptors (Lipinski definition) is 3. The highest BCUT2D eigenvalue weighted by atomic mass is 32.1. The van der Waals surface area contributed by atoms with E-state index in [1.165, 1.54) is 0 Å². The molecule has 0 aromatic carbocycles. The van der Waals surface area contributed by atoms with Gasteiger partial charge in [-0.05, 0) is 26.2 Å². The van der Waals surface area contributed by atoms with Crippen molar-refractivity contribution in [2.45, 2.75) is 64.5 Å². The van der Waals surface area contributed by atoms with Crippen LogP contribution in [-0.2, 0) is 9.53 Å². The van der Waals surface area contributed by atoms with Crippen LogP contribution < -0.4 is 0 Å². The normalized spacial score (nSPS) is 28.2. The van der Waals surface area contributed by atoms with Gasteiger partial charge in [-0.25, -0.2) is 0 Å². The van der Waals surface area contributed by atoms with Crippen LogP contribution >= 0.6 is 12.6 Å². The Morgan fingerprint density at radius 1 is 1.41 bits per heavy atom. The highest BCUT2D eigenvalue weighted by molar-refractivity contribution is 7.81. The average molecular weight is 259 g/mol. The van der Waals surface area contributed by atoms with E-state index in [2.05, 4.69) is 26.5 Å². The molecule has 1 amide bonds. The lowest BCUT2D eigenvalue weighted by Gasteiger charge is -2.27. The van der Waals surface area contributed by atoms with E-state index in [9.17, 15) is 4.79 Å². The number of carbonyl (C=O) groups is 1. The number of amides is 1. The van der Waals surface area contributed by atoms with Crippen molar-refractivity contribution in [3.8, 4) is 0 Å². The molecule has 1 fully saturated rings. The molecule has 1 aliphatic heterocycles. The van der Waals surface area contributed by atoms with Crippen LogP contribution in [0, 0.1) is 5.92 Å². The predicted molar refractivity (Wildman–Crippen MR) is 73.2 cm³/mol. The van der Waals surface area contributed by atoms with Crippen molar-refractivity contribution < 1.29 is 9.53 Å². The van der Waals surface area contributed by atoms with Gasteiger partial charge in [0.2, 0.25) is 5.91 Å². The Morgan fingerprint density at radius 2 is 2.06 bits per heavy atom. The number of rotatable bonds is 5. The number of likely N-dealkylation sites (tertiary alicyclic amines) is 1. The van der Waals surface area contributed by atoms with Crippen molar-refractivity contribution in [1.82, 2.24) is 4.90 Å². The van der Waals surface area contributed by atoms with E-state index in [-0.39, 0.29) is 29.4 Å². The third-order valence-corrected chi connectivity index (χ3v) is 4.22. The SMILES string of the molecule is CCC(C)O[C@H]1CCN(C(=O)C(C)CC)[C@@H]1S. The van der Waals surface area contributed by atoms with E-state index in [1.807, 2.05) is 18.7 Å². The Labute approximate surface area is 110 Å². The highest BCUT2D eigenvalue weighted by Gasteiger charge is 2.37. The summed E-state index contributed by atoms with van der Waals surface area (Å²) in [5, 5.41) is -0.0782. The summed E-state index contributed by atoms with van der Waals surface area (Å²) in [4.78, 5) is 14.0. The molecule has 1 heterocycles. The molecule has 3 nitrogen and oxygen atoms in total. The first-order valence-electron chi connectivity index (χ1n) is 6.65. The van der Waals surface area contributed by atoms with Crippen LogP contribution in [0.5, 0.6) is 0 Å². The van der Waals surface area contributed by atoms with Gasteiger partial charge < -0.3 is 9.64 Å². The van der Waals surface area contributed by atoms with Gasteiger partial charge in [-0.15, -0.1) is 0 Å². The number of nitrogens with zero attached hydrogens (tertiary/aromatic N) is 1. The van der Waals surface area contributed by atoms with Gasteiger partial charge in [0.15, 0.2) is 0 Å². The summed E-state index contributed by atoms with van der Waals surface area (Å²) >= 11 is 4.55. The number of hydrogen-bond donors (Lipinski definition) is 1. The fraction of sp³-hybridized carbons (Fsp3) is 0.923. The van der Waals surface area contributed by atoms with Gasteiger partial charge in [-0.2, -0.15) is 12.6 Å². The first kappa shape index (κ1) is 14.8. The third-order valence-electron chi connectivity index (χ3n) is 3.61. The van der Waals surface area contributed by atoms with Crippen molar-refractivity contribution in [2.24, 2.45) is 5.92 Å². The molecule has 4 atom stereocenters. The molecular weight excluding hydrogens is 234 g/mol. The first-order chi connectivity index (χ1) is 8.01. The van der Waals surface area contributed by atoms with Crippen LogP contribution in [-0.4, -0.2) is 34.9 Å². The Kier molecular flexibility index (Phi) is 5.80. The molecule has 17 heavy (non-hydrogen) atoms. The second-order valence-corrected chi connectivity index (χ2v) is 5.47. The fourth-order valence-corrected chi connectivity index (χ4v) is 2.43. The monoisotopic (exact) mass is 259 g/mol. The summed E-state index contributed by atoms with van der Waals surface area (Å²) in [6.45, 7) is 8.97. The molecule has 0 N–H and O–H groups in total. The van der Waals surface area contributed by atoms with E-state index in [0.717, 1.165) is 25.8 Å². The Balaban J connectivity index is 2.54. The van der Waals surface area contributed by atoms with Crippen molar-refractivity contribution in [2.75, 3.05) is 6.54 Å². The van der Waals surface area contributed by atoms with Gasteiger partial charge in [0, 0.05) is 12.5 Å². The zero-order chi connectivity index (χ0) is 13.0. The molecular formula is C13H25NO2S. The summed E-state index contributed by atoms with van der Waals surface area (Å²) < 4.78 is 5.90. The van der Waals surface area contributed by atoms with Gasteiger partial charge in [0.1, 0.15) is 5.37 Å². The minimum Gasteiger partial charge on any atom is -0.372 e. The molecule has 2 unspecified atom stereocenters. The molecule has 0 aliphatic carbocycles. The van der Waals surface area contributed by atoms with E-state index in [0.29, 0.717) is 0 Å². The average Bonchev–Trinajstić information content (AvgIpc) is 2.69. The molecule has 100 valence electrons. The molecule has 1 aliphatic rings. The molecule has 0 bridgehead atoms. The Bertz CT molecular complexity index is 260. The summed E-state index contributed by atoms with van der Waals surface area (Å²) in [7, 11) is 0. The Hall–Kier alpha value is -0.220. The van der Waals surface area contributed by atoms with Gasteiger partial charge in [0.05, 0.1) is 12.2 Å². The smallest absolute Gasteiger partial charge is 0.226 e. The maximum absolute atomic E-state index is 12.1. The lowest BCUT2D eigenvalue weighted by molar-refractivity contribution is -0.135. The van der Waals surface area contributed by atoms with Crippen LogP contribution in [0.25, 0.3) is 0 Å². The topological polar surface area (TPSA) is 29.5 Å². The lowest BCUT2D eigenvalue weighted by Crippen LogP contribution is -2.40. The molecule has 1 saturated heterocycles. The van der Waals surface area contributed by atoms with Crippen LogP contribution in [0.4, 0.5) is 0 Å². The van der Waals surface area contributed by atoms with Gasteiger partial charge >= 0.3 is 0 Å². The van der Waals surface area contributed by atoms with E-state index in [1.54, 1.807) is 0 Å². The van der Waals surface area contributed by atoms with Crippen LogP contribution in [0.1, 0.15) is 47.0 Å². The minimum absolute atomic E-state index is 0.0782. The second-order valence-electron chi connectivity index (χ2n) is 4.94. The van der Waals surface area contributed by atoms with Crippen LogP contribution in [0.15, 0.2) is 0 Å². The molecule has 0 saturated carbocycles. The standard InChI is InChI=1S/C13H25NO2S/c1-5-9(3)12(15)14-8-7-11(13(14)17)16-10(4)6-2/h9-11,13,17H,5-8H2,1-4H3/t9?,10?,11-,13+/m0/s1. The largest absolute Gasteiger partial charge is 0.372 e. The molecule has 0 radical (unpaired) electrons. The van der Waals surface area contributed by atoms with Crippen molar-refractivity contribution in [1.29, 1.82) is 0 Å². The second kappa shape index (κ2) is 6.64. The summed E-state index contributed by atoms with van der Waals surface area (Å²) in [6, 6.07) is 0. The zero-order valence-corrected chi connectivity index (χ0v) is 12.2. The van der Waals surface area contributed by atoms with Crippen molar-refractivity contribution in [3.05, 3.63) is 0 Å².